The molecular formula is C20H13NO2. The minimum atomic E-state index is -0.933. The van der Waals surface area contributed by atoms with Gasteiger partial charge in [-0.3, -0.25) is 0 Å². The maximum atomic E-state index is 12.0. The summed E-state index contributed by atoms with van der Waals surface area (Å²) < 4.78 is 0. The molecule has 0 bridgehead atoms. The van der Waals surface area contributed by atoms with Gasteiger partial charge in [0.25, 0.3) is 0 Å². The number of aromatic nitrogens is 1. The molecule has 0 aliphatic heterocycles. The van der Waals surface area contributed by atoms with Crippen molar-refractivity contribution >= 4 is 27.8 Å². The van der Waals surface area contributed by atoms with Crippen LogP contribution in [0.3, 0.4) is 0 Å². The first-order valence-corrected chi connectivity index (χ1v) is 7.36. The molecule has 4 aromatic rings. The van der Waals surface area contributed by atoms with Gasteiger partial charge in [-0.25, -0.2) is 9.78 Å². The van der Waals surface area contributed by atoms with Crippen molar-refractivity contribution in [1.82, 2.24) is 4.98 Å². The molecule has 1 N–H and O–H groups in total. The van der Waals surface area contributed by atoms with Gasteiger partial charge in [-0.05, 0) is 23.3 Å². The Morgan fingerprint density at radius 2 is 1.48 bits per heavy atom. The normalized spacial score (nSPS) is 11.0. The quantitative estimate of drug-likeness (QED) is 0.543. The van der Waals surface area contributed by atoms with Gasteiger partial charge in [0, 0.05) is 10.8 Å². The van der Waals surface area contributed by atoms with E-state index in [1.165, 1.54) is 0 Å². The first-order valence-electron chi connectivity index (χ1n) is 7.36. The van der Waals surface area contributed by atoms with E-state index in [2.05, 4.69) is 4.98 Å². The Hall–Kier alpha value is -3.20. The van der Waals surface area contributed by atoms with E-state index in [1.54, 1.807) is 0 Å². The minimum absolute atomic E-state index is 0.310. The zero-order valence-electron chi connectivity index (χ0n) is 12.2. The highest BCUT2D eigenvalue weighted by molar-refractivity contribution is 6.17. The molecule has 0 saturated heterocycles. The number of fused-ring (bicyclic) bond motifs is 2. The Kier molecular flexibility index (Phi) is 3.05. The number of nitrogens with zero attached hydrogens (tertiary/aromatic N) is 1. The minimum Gasteiger partial charge on any atom is -0.478 e. The maximum Gasteiger partial charge on any atom is 0.337 e. The lowest BCUT2D eigenvalue weighted by Crippen LogP contribution is -2.02. The van der Waals surface area contributed by atoms with Gasteiger partial charge in [-0.15, -0.1) is 0 Å². The zero-order valence-corrected chi connectivity index (χ0v) is 12.2. The van der Waals surface area contributed by atoms with Crippen LogP contribution in [0.25, 0.3) is 32.9 Å². The Balaban J connectivity index is 2.22. The fourth-order valence-electron chi connectivity index (χ4n) is 3.02. The van der Waals surface area contributed by atoms with Crippen molar-refractivity contribution in [3.8, 4) is 11.1 Å². The van der Waals surface area contributed by atoms with E-state index in [9.17, 15) is 9.90 Å². The van der Waals surface area contributed by atoms with Gasteiger partial charge in [0.15, 0.2) is 0 Å². The standard InChI is InChI=1S/C20H13NO2/c22-20(23)19-15-9-4-5-11-16(15)21-17-12-6-10-14(18(17)19)13-7-2-1-3-8-13/h1-12H,(H,22,23). The van der Waals surface area contributed by atoms with Crippen molar-refractivity contribution in [2.24, 2.45) is 0 Å². The number of hydrogen-bond acceptors (Lipinski definition) is 2. The lowest BCUT2D eigenvalue weighted by molar-refractivity contribution is 0.0701. The molecule has 4 rings (SSSR count). The third-order valence-electron chi connectivity index (χ3n) is 4.01. The molecule has 0 aliphatic carbocycles. The number of pyridine rings is 1. The second-order valence-corrected chi connectivity index (χ2v) is 5.37. The number of aromatic carboxylic acids is 1. The Bertz CT molecular complexity index is 1040. The van der Waals surface area contributed by atoms with E-state index in [0.717, 1.165) is 11.1 Å². The second-order valence-electron chi connectivity index (χ2n) is 5.37. The molecule has 3 heteroatoms. The molecule has 110 valence electrons. The largest absolute Gasteiger partial charge is 0.478 e. The highest BCUT2D eigenvalue weighted by atomic mass is 16.4. The van der Waals surface area contributed by atoms with Gasteiger partial charge in [-0.1, -0.05) is 60.7 Å². The van der Waals surface area contributed by atoms with Gasteiger partial charge in [0.05, 0.1) is 16.6 Å². The molecule has 0 unspecified atom stereocenters. The molecule has 0 aliphatic rings. The van der Waals surface area contributed by atoms with Crippen molar-refractivity contribution in [2.75, 3.05) is 0 Å². The molecule has 0 amide bonds. The van der Waals surface area contributed by atoms with Crippen LogP contribution in [0.15, 0.2) is 72.8 Å². The van der Waals surface area contributed by atoms with E-state index in [0.29, 0.717) is 27.4 Å². The van der Waals surface area contributed by atoms with Crippen molar-refractivity contribution < 1.29 is 9.90 Å². The Morgan fingerprint density at radius 1 is 0.783 bits per heavy atom. The fraction of sp³-hybridized carbons (Fsp3) is 0. The third-order valence-corrected chi connectivity index (χ3v) is 4.01. The van der Waals surface area contributed by atoms with E-state index in [1.807, 2.05) is 72.8 Å². The number of benzene rings is 3. The monoisotopic (exact) mass is 299 g/mol. The average molecular weight is 299 g/mol. The number of rotatable bonds is 2. The topological polar surface area (TPSA) is 50.2 Å². The SMILES string of the molecule is O=C(O)c1c2ccccc2nc2cccc(-c3ccccc3)c12. The Morgan fingerprint density at radius 3 is 2.26 bits per heavy atom. The van der Waals surface area contributed by atoms with Crippen molar-refractivity contribution in [2.45, 2.75) is 0 Å². The highest BCUT2D eigenvalue weighted by Crippen LogP contribution is 2.34. The number of carbonyl (C=O) groups is 1. The number of carboxylic acid groups (broad SMARTS) is 1. The van der Waals surface area contributed by atoms with Crippen LogP contribution in [0.5, 0.6) is 0 Å². The molecule has 3 aromatic carbocycles. The van der Waals surface area contributed by atoms with Crippen LogP contribution in [0.2, 0.25) is 0 Å². The van der Waals surface area contributed by atoms with Crippen LogP contribution in [-0.2, 0) is 0 Å². The van der Waals surface area contributed by atoms with E-state index in [4.69, 9.17) is 0 Å². The summed E-state index contributed by atoms with van der Waals surface area (Å²) in [6.07, 6.45) is 0. The summed E-state index contributed by atoms with van der Waals surface area (Å²) in [7, 11) is 0. The van der Waals surface area contributed by atoms with Gasteiger partial charge in [0.2, 0.25) is 0 Å². The molecule has 0 spiro atoms. The van der Waals surface area contributed by atoms with E-state index < -0.39 is 5.97 Å². The van der Waals surface area contributed by atoms with Crippen LogP contribution in [0.1, 0.15) is 10.4 Å². The van der Waals surface area contributed by atoms with Crippen LogP contribution >= 0.6 is 0 Å². The molecule has 0 saturated carbocycles. The summed E-state index contributed by atoms with van der Waals surface area (Å²) in [4.78, 5) is 16.6. The molecule has 23 heavy (non-hydrogen) atoms. The Labute approximate surface area is 132 Å². The predicted molar refractivity (Wildman–Crippen MR) is 91.6 cm³/mol. The first-order chi connectivity index (χ1) is 11.3. The van der Waals surface area contributed by atoms with E-state index in [-0.39, 0.29) is 0 Å². The first kappa shape index (κ1) is 13.5. The van der Waals surface area contributed by atoms with Crippen LogP contribution in [0, 0.1) is 0 Å². The van der Waals surface area contributed by atoms with Gasteiger partial charge in [0.1, 0.15) is 0 Å². The van der Waals surface area contributed by atoms with E-state index >= 15 is 0 Å². The molecular weight excluding hydrogens is 286 g/mol. The van der Waals surface area contributed by atoms with Crippen LogP contribution in [0.4, 0.5) is 0 Å². The number of hydrogen-bond donors (Lipinski definition) is 1. The summed E-state index contributed by atoms with van der Waals surface area (Å²) in [5.41, 5.74) is 3.58. The predicted octanol–water partition coefficient (Wildman–Crippen LogP) is 4.75. The van der Waals surface area contributed by atoms with Gasteiger partial charge in [-0.2, -0.15) is 0 Å². The fourth-order valence-corrected chi connectivity index (χ4v) is 3.02. The zero-order chi connectivity index (χ0) is 15.8. The summed E-state index contributed by atoms with van der Waals surface area (Å²) in [5, 5.41) is 11.2. The van der Waals surface area contributed by atoms with Crippen molar-refractivity contribution in [1.29, 1.82) is 0 Å². The summed E-state index contributed by atoms with van der Waals surface area (Å²) >= 11 is 0. The third kappa shape index (κ3) is 2.14. The average Bonchev–Trinajstić information content (AvgIpc) is 2.59. The molecule has 0 radical (unpaired) electrons. The molecule has 3 nitrogen and oxygen atoms in total. The van der Waals surface area contributed by atoms with Crippen LogP contribution < -0.4 is 0 Å². The highest BCUT2D eigenvalue weighted by Gasteiger charge is 2.18. The van der Waals surface area contributed by atoms with Crippen molar-refractivity contribution in [3.63, 3.8) is 0 Å². The van der Waals surface area contributed by atoms with Gasteiger partial charge < -0.3 is 5.11 Å². The molecule has 0 fully saturated rings. The lowest BCUT2D eigenvalue weighted by atomic mass is 9.94. The van der Waals surface area contributed by atoms with Gasteiger partial charge >= 0.3 is 5.97 Å². The smallest absolute Gasteiger partial charge is 0.337 e. The lowest BCUT2D eigenvalue weighted by Gasteiger charge is -2.12. The number of para-hydroxylation sites is 1. The second kappa shape index (κ2) is 5.21. The summed E-state index contributed by atoms with van der Waals surface area (Å²) in [6.45, 7) is 0. The van der Waals surface area contributed by atoms with Crippen molar-refractivity contribution in [3.05, 3.63) is 78.4 Å². The maximum absolute atomic E-state index is 12.0. The number of carboxylic acids is 1. The molecule has 1 heterocycles. The molecule has 0 atom stereocenters. The summed E-state index contributed by atoms with van der Waals surface area (Å²) in [6, 6.07) is 22.9. The summed E-state index contributed by atoms with van der Waals surface area (Å²) in [5.74, 6) is -0.933. The molecule has 1 aromatic heterocycles. The van der Waals surface area contributed by atoms with Crippen LogP contribution in [-0.4, -0.2) is 16.1 Å².